The third-order valence-corrected chi connectivity index (χ3v) is 6.01. The predicted octanol–water partition coefficient (Wildman–Crippen LogP) is 4.20. The number of hydrogen-bond donors (Lipinski definition) is 1. The number of rotatable bonds is 6. The fraction of sp³-hybridized carbons (Fsp3) is 0.318. The van der Waals surface area contributed by atoms with Gasteiger partial charge < -0.3 is 14.6 Å². The summed E-state index contributed by atoms with van der Waals surface area (Å²) in [6.07, 6.45) is 5.22. The molecule has 6 nitrogen and oxygen atoms in total. The zero-order valence-electron chi connectivity index (χ0n) is 16.1. The Balaban J connectivity index is 1.47. The molecule has 3 heterocycles. The van der Waals surface area contributed by atoms with E-state index in [4.69, 9.17) is 4.42 Å². The second-order valence-electron chi connectivity index (χ2n) is 6.99. The first-order valence-electron chi connectivity index (χ1n) is 9.88. The van der Waals surface area contributed by atoms with Crippen LogP contribution in [0.25, 0.3) is 22.0 Å². The molecule has 0 saturated carbocycles. The zero-order chi connectivity index (χ0) is 20.1. The molecule has 1 aliphatic heterocycles. The minimum absolute atomic E-state index is 0.105. The minimum atomic E-state index is -0.217. The van der Waals surface area contributed by atoms with Crippen LogP contribution >= 0.6 is 11.3 Å². The van der Waals surface area contributed by atoms with Gasteiger partial charge in [-0.2, -0.15) is 0 Å². The summed E-state index contributed by atoms with van der Waals surface area (Å²) >= 11 is 1.29. The van der Waals surface area contributed by atoms with Gasteiger partial charge in [-0.15, -0.1) is 11.3 Å². The molecule has 3 aromatic rings. The summed E-state index contributed by atoms with van der Waals surface area (Å²) in [5, 5.41) is 3.55. The summed E-state index contributed by atoms with van der Waals surface area (Å²) < 4.78 is 5.45. The number of thiazole rings is 1. The molecule has 0 bridgehead atoms. The number of nitrogens with one attached hydrogen (secondary N) is 1. The lowest BCUT2D eigenvalue weighted by Gasteiger charge is -2.26. The van der Waals surface area contributed by atoms with Gasteiger partial charge in [0.2, 0.25) is 5.91 Å². The van der Waals surface area contributed by atoms with E-state index in [0.717, 1.165) is 31.5 Å². The molecular formula is C22H23N3O3S. The van der Waals surface area contributed by atoms with E-state index in [0.29, 0.717) is 34.3 Å². The van der Waals surface area contributed by atoms with Gasteiger partial charge in [-0.1, -0.05) is 30.3 Å². The fourth-order valence-corrected chi connectivity index (χ4v) is 4.41. The van der Waals surface area contributed by atoms with Gasteiger partial charge in [-0.05, 0) is 31.4 Å². The number of aromatic nitrogens is 1. The molecule has 29 heavy (non-hydrogen) atoms. The molecule has 0 atom stereocenters. The highest BCUT2D eigenvalue weighted by atomic mass is 32.1. The molecule has 1 aromatic carbocycles. The third kappa shape index (κ3) is 4.56. The summed E-state index contributed by atoms with van der Waals surface area (Å²) in [6, 6.07) is 13.2. The zero-order valence-corrected chi connectivity index (χ0v) is 16.9. The van der Waals surface area contributed by atoms with Crippen molar-refractivity contribution in [2.75, 3.05) is 19.6 Å². The molecule has 1 fully saturated rings. The van der Waals surface area contributed by atoms with Crippen molar-refractivity contribution in [2.45, 2.75) is 25.7 Å². The van der Waals surface area contributed by atoms with Gasteiger partial charge in [0.25, 0.3) is 5.91 Å². The number of piperidine rings is 1. The van der Waals surface area contributed by atoms with Gasteiger partial charge in [0.1, 0.15) is 4.88 Å². The summed E-state index contributed by atoms with van der Waals surface area (Å²) in [5.41, 5.74) is 1.50. The lowest BCUT2D eigenvalue weighted by Crippen LogP contribution is -2.37. The first-order valence-corrected chi connectivity index (χ1v) is 10.7. The van der Waals surface area contributed by atoms with E-state index < -0.39 is 0 Å². The SMILES string of the molecule is O=C(NCCC(=O)N1CCCCC1)c1sc(-c2ccco2)nc1-c1ccccc1. The first kappa shape index (κ1) is 19.4. The first-order chi connectivity index (χ1) is 14.2. The number of carbonyl (C=O) groups is 2. The van der Waals surface area contributed by atoms with Crippen molar-refractivity contribution in [1.29, 1.82) is 0 Å². The predicted molar refractivity (Wildman–Crippen MR) is 113 cm³/mol. The maximum Gasteiger partial charge on any atom is 0.263 e. The molecule has 150 valence electrons. The van der Waals surface area contributed by atoms with Gasteiger partial charge in [0.05, 0.1) is 12.0 Å². The van der Waals surface area contributed by atoms with E-state index in [1.54, 1.807) is 12.3 Å². The quantitative estimate of drug-likeness (QED) is 0.662. The van der Waals surface area contributed by atoms with E-state index in [2.05, 4.69) is 10.3 Å². The molecule has 4 rings (SSSR count). The van der Waals surface area contributed by atoms with Gasteiger partial charge >= 0.3 is 0 Å². The van der Waals surface area contributed by atoms with Gasteiger partial charge in [0.15, 0.2) is 10.8 Å². The van der Waals surface area contributed by atoms with Gasteiger partial charge in [0, 0.05) is 31.6 Å². The van der Waals surface area contributed by atoms with Crippen LogP contribution in [0.2, 0.25) is 0 Å². The molecule has 0 unspecified atom stereocenters. The number of nitrogens with zero attached hydrogens (tertiary/aromatic N) is 2. The van der Waals surface area contributed by atoms with Crippen molar-refractivity contribution in [3.05, 3.63) is 53.6 Å². The van der Waals surface area contributed by atoms with E-state index >= 15 is 0 Å². The second kappa shape index (κ2) is 9.05. The summed E-state index contributed by atoms with van der Waals surface area (Å²) in [7, 11) is 0. The summed E-state index contributed by atoms with van der Waals surface area (Å²) in [6.45, 7) is 1.97. The third-order valence-electron chi connectivity index (χ3n) is 4.95. The number of carbonyl (C=O) groups excluding carboxylic acids is 2. The van der Waals surface area contributed by atoms with Crippen LogP contribution in [0.4, 0.5) is 0 Å². The lowest BCUT2D eigenvalue weighted by molar-refractivity contribution is -0.131. The number of likely N-dealkylation sites (tertiary alicyclic amines) is 1. The smallest absolute Gasteiger partial charge is 0.263 e. The second-order valence-corrected chi connectivity index (χ2v) is 7.99. The van der Waals surface area contributed by atoms with Crippen LogP contribution in [-0.4, -0.2) is 41.3 Å². The van der Waals surface area contributed by atoms with E-state index in [-0.39, 0.29) is 11.8 Å². The maximum atomic E-state index is 12.9. The van der Waals surface area contributed by atoms with Crippen molar-refractivity contribution >= 4 is 23.2 Å². The Morgan fingerprint density at radius 3 is 2.59 bits per heavy atom. The molecule has 2 aromatic heterocycles. The van der Waals surface area contributed by atoms with Crippen molar-refractivity contribution in [3.63, 3.8) is 0 Å². The number of hydrogen-bond acceptors (Lipinski definition) is 5. The maximum absolute atomic E-state index is 12.9. The Morgan fingerprint density at radius 1 is 1.07 bits per heavy atom. The Hall–Kier alpha value is -2.93. The van der Waals surface area contributed by atoms with Crippen molar-refractivity contribution in [1.82, 2.24) is 15.2 Å². The van der Waals surface area contributed by atoms with Crippen molar-refractivity contribution < 1.29 is 14.0 Å². The van der Waals surface area contributed by atoms with Crippen LogP contribution in [-0.2, 0) is 4.79 Å². The van der Waals surface area contributed by atoms with Gasteiger partial charge in [-0.3, -0.25) is 9.59 Å². The minimum Gasteiger partial charge on any atom is -0.462 e. The standard InChI is InChI=1S/C22H23N3O3S/c26-18(25-13-5-2-6-14-25)11-12-23-21(27)20-19(16-8-3-1-4-9-16)24-22(29-20)17-10-7-15-28-17/h1,3-4,7-10,15H,2,5-6,11-14H2,(H,23,27). The van der Waals surface area contributed by atoms with Gasteiger partial charge in [-0.25, -0.2) is 4.98 Å². The Morgan fingerprint density at radius 2 is 1.86 bits per heavy atom. The van der Waals surface area contributed by atoms with Crippen LogP contribution in [0.5, 0.6) is 0 Å². The molecule has 1 aliphatic rings. The van der Waals surface area contributed by atoms with Crippen LogP contribution in [0.15, 0.2) is 53.1 Å². The molecule has 0 aliphatic carbocycles. The number of furan rings is 1. The molecule has 0 spiro atoms. The average Bonchev–Trinajstić information content (AvgIpc) is 3.45. The van der Waals surface area contributed by atoms with Crippen molar-refractivity contribution in [2.24, 2.45) is 0 Å². The normalized spacial score (nSPS) is 14.0. The Kier molecular flexibility index (Phi) is 6.05. The summed E-state index contributed by atoms with van der Waals surface area (Å²) in [4.78, 5) is 32.3. The van der Waals surface area contributed by atoms with E-state index in [9.17, 15) is 9.59 Å². The van der Waals surface area contributed by atoms with E-state index in [1.807, 2.05) is 41.3 Å². The highest BCUT2D eigenvalue weighted by molar-refractivity contribution is 7.17. The monoisotopic (exact) mass is 409 g/mol. The highest BCUT2D eigenvalue weighted by Crippen LogP contribution is 2.34. The molecule has 1 N–H and O–H groups in total. The Labute approximate surface area is 173 Å². The average molecular weight is 410 g/mol. The largest absolute Gasteiger partial charge is 0.462 e. The van der Waals surface area contributed by atoms with Crippen molar-refractivity contribution in [3.8, 4) is 22.0 Å². The van der Waals surface area contributed by atoms with Crippen LogP contribution < -0.4 is 5.32 Å². The molecule has 1 saturated heterocycles. The number of benzene rings is 1. The highest BCUT2D eigenvalue weighted by Gasteiger charge is 2.22. The Bertz CT molecular complexity index is 961. The van der Waals surface area contributed by atoms with Crippen LogP contribution in [0.3, 0.4) is 0 Å². The fourth-order valence-electron chi connectivity index (χ4n) is 3.44. The topological polar surface area (TPSA) is 75.4 Å². The lowest BCUT2D eigenvalue weighted by atomic mass is 10.1. The molecule has 2 amide bonds. The van der Waals surface area contributed by atoms with Crippen LogP contribution in [0.1, 0.15) is 35.4 Å². The van der Waals surface area contributed by atoms with Crippen LogP contribution in [0, 0.1) is 0 Å². The molecular weight excluding hydrogens is 386 g/mol. The number of amides is 2. The summed E-state index contributed by atoms with van der Waals surface area (Å²) in [5.74, 6) is 0.519. The van der Waals surface area contributed by atoms with E-state index in [1.165, 1.54) is 17.8 Å². The molecule has 0 radical (unpaired) electrons. The molecule has 7 heteroatoms.